The Labute approximate surface area is 329 Å². The maximum absolute atomic E-state index is 15.8. The summed E-state index contributed by atoms with van der Waals surface area (Å²) in [5.74, 6) is -1.78. The second-order valence-corrected chi connectivity index (χ2v) is 23.2. The number of carboxylic acid groups (broad SMARTS) is 2. The number of rotatable bonds is 18. The van der Waals surface area contributed by atoms with Crippen LogP contribution in [-0.2, 0) is 18.6 Å². The van der Waals surface area contributed by atoms with Crippen molar-refractivity contribution in [2.24, 2.45) is 0 Å². The van der Waals surface area contributed by atoms with Crippen LogP contribution in [0.2, 0.25) is 0 Å². The average Bonchev–Trinajstić information content (AvgIpc) is 3.25. The molecule has 0 fully saturated rings. The summed E-state index contributed by atoms with van der Waals surface area (Å²) in [6.07, 6.45) is 1.40. The second-order valence-electron chi connectivity index (χ2n) is 14.0. The third-order valence-electron chi connectivity index (χ3n) is 10.8. The molecule has 0 bridgehead atoms. The first-order chi connectivity index (χ1) is 27.2. The van der Waals surface area contributed by atoms with Crippen LogP contribution in [0, 0.1) is 0 Å². The zero-order valence-corrected chi connectivity index (χ0v) is 33.1. The molecule has 56 heavy (non-hydrogen) atoms. The van der Waals surface area contributed by atoms with Gasteiger partial charge in [-0.05, 0) is 0 Å². The minimum absolute atomic E-state index is 0.0294. The minimum atomic E-state index is -4.36. The van der Waals surface area contributed by atoms with Gasteiger partial charge in [0.05, 0.1) is 0 Å². The van der Waals surface area contributed by atoms with E-state index in [4.69, 9.17) is 9.05 Å². The van der Waals surface area contributed by atoms with Gasteiger partial charge in [-0.25, -0.2) is 0 Å². The van der Waals surface area contributed by atoms with Crippen molar-refractivity contribution in [3.63, 3.8) is 0 Å². The van der Waals surface area contributed by atoms with Gasteiger partial charge in [0.1, 0.15) is 0 Å². The van der Waals surface area contributed by atoms with Gasteiger partial charge in [-0.15, -0.1) is 0 Å². The van der Waals surface area contributed by atoms with Gasteiger partial charge < -0.3 is 0 Å². The van der Waals surface area contributed by atoms with Crippen LogP contribution in [-0.4, -0.2) is 40.6 Å². The summed E-state index contributed by atoms with van der Waals surface area (Å²) >= 11 is 0. The van der Waals surface area contributed by atoms with E-state index < -0.39 is 31.8 Å². The van der Waals surface area contributed by atoms with Gasteiger partial charge >= 0.3 is 330 Å². The summed E-state index contributed by atoms with van der Waals surface area (Å²) in [5, 5.41) is 24.2. The molecule has 6 aromatic carbocycles. The van der Waals surface area contributed by atoms with Crippen molar-refractivity contribution in [3.8, 4) is 0 Å². The molecule has 0 radical (unpaired) electrons. The molecule has 0 spiro atoms. The number of aliphatic carboxylic acids is 2. The Hall–Kier alpha value is -5.61. The molecule has 0 aliphatic rings. The fraction of sp³-hybridized carbons (Fsp3) is 0.170. The van der Waals surface area contributed by atoms with Gasteiger partial charge in [0.2, 0.25) is 0 Å². The van der Waals surface area contributed by atoms with Crippen LogP contribution in [0.1, 0.15) is 38.5 Å². The number of benzene rings is 6. The van der Waals surface area contributed by atoms with E-state index in [1.54, 1.807) is 0 Å². The number of hydrogen-bond donors (Lipinski definition) is 2. The maximum atomic E-state index is 15.8. The molecule has 0 aromatic heterocycles. The van der Waals surface area contributed by atoms with E-state index in [9.17, 15) is 19.8 Å². The summed E-state index contributed by atoms with van der Waals surface area (Å²) in [6.45, 7) is -8.73. The van der Waals surface area contributed by atoms with Gasteiger partial charge in [0, 0.05) is 0 Å². The van der Waals surface area contributed by atoms with Gasteiger partial charge in [-0.3, -0.25) is 0 Å². The number of carbonyl (C=O) groups is 3. The SMILES string of the molecule is O=C(O)CCCCP(OC(=O)OP(CCCCC(=O)O)(c1ccccc1)(c1ccccc1)c1ccccc1)(c1ccccc1)(c1ccccc1)c1ccccc1. The average molecular weight is 787 g/mol. The van der Waals surface area contributed by atoms with E-state index in [0.717, 1.165) is 31.8 Å². The fourth-order valence-corrected chi connectivity index (χ4v) is 19.7. The first kappa shape index (κ1) is 40.1. The topological polar surface area (TPSA) is 110 Å². The molecule has 2 N–H and O–H groups in total. The third-order valence-corrected chi connectivity index (χ3v) is 22.6. The van der Waals surface area contributed by atoms with Crippen molar-refractivity contribution in [2.45, 2.75) is 38.5 Å². The number of carbonyl (C=O) groups excluding carboxylic acids is 1. The molecule has 0 amide bonds. The van der Waals surface area contributed by atoms with Crippen LogP contribution in [0.3, 0.4) is 0 Å². The zero-order valence-electron chi connectivity index (χ0n) is 31.3. The van der Waals surface area contributed by atoms with Crippen LogP contribution >= 0.6 is 13.7 Å². The van der Waals surface area contributed by atoms with E-state index in [0.29, 0.717) is 38.0 Å². The zero-order chi connectivity index (χ0) is 39.4. The molecule has 0 atom stereocenters. The molecule has 0 saturated carbocycles. The molecule has 7 nitrogen and oxygen atoms in total. The van der Waals surface area contributed by atoms with Crippen molar-refractivity contribution < 1.29 is 33.6 Å². The first-order valence-corrected chi connectivity index (χ1v) is 23.7. The predicted octanol–water partition coefficient (Wildman–Crippen LogP) is 8.54. The van der Waals surface area contributed by atoms with Gasteiger partial charge in [-0.2, -0.15) is 0 Å². The molecule has 0 aliphatic heterocycles. The van der Waals surface area contributed by atoms with Crippen molar-refractivity contribution in [2.75, 3.05) is 12.3 Å². The van der Waals surface area contributed by atoms with Gasteiger partial charge in [0.25, 0.3) is 0 Å². The Bertz CT molecular complexity index is 1850. The third kappa shape index (κ3) is 7.50. The summed E-state index contributed by atoms with van der Waals surface area (Å²) in [7, 11) is 0. The Morgan fingerprint density at radius 2 is 0.571 bits per heavy atom. The van der Waals surface area contributed by atoms with Crippen LogP contribution in [0.25, 0.3) is 0 Å². The van der Waals surface area contributed by atoms with Crippen molar-refractivity contribution in [1.29, 1.82) is 0 Å². The Balaban J connectivity index is 1.67. The van der Waals surface area contributed by atoms with Gasteiger partial charge in [0.15, 0.2) is 0 Å². The van der Waals surface area contributed by atoms with Crippen molar-refractivity contribution >= 4 is 63.6 Å². The van der Waals surface area contributed by atoms with E-state index in [1.807, 2.05) is 182 Å². The molecule has 288 valence electrons. The van der Waals surface area contributed by atoms with E-state index in [-0.39, 0.29) is 12.8 Å². The summed E-state index contributed by atoms with van der Waals surface area (Å²) in [5.41, 5.74) is 0. The molecule has 0 aliphatic carbocycles. The molecule has 0 heterocycles. The van der Waals surface area contributed by atoms with Gasteiger partial charge in [-0.1, -0.05) is 0 Å². The summed E-state index contributed by atoms with van der Waals surface area (Å²) < 4.78 is 14.9. The molecular formula is C47H48O7P2. The standard InChI is InChI=1S/C47H48O7P2/c48-45(49)35-19-21-37-55(39-23-7-1-8-24-39,40-25-9-2-10-26-40,41-27-11-3-12-28-41)53-47(52)54-56(38-22-20-36-46(50)51,42-29-13-4-14-30-42,43-31-15-5-16-32-43)44-33-17-6-18-34-44/h1-18,23-34H,19-22,35-38H2,(H,48,49)(H,50,51). The number of carboxylic acids is 2. The normalized spacial score (nSPS) is 12.9. The molecule has 6 rings (SSSR count). The summed E-state index contributed by atoms with van der Waals surface area (Å²) in [4.78, 5) is 39.5. The summed E-state index contributed by atoms with van der Waals surface area (Å²) in [6, 6.07) is 58.8. The molecule has 9 heteroatoms. The van der Waals surface area contributed by atoms with Crippen LogP contribution in [0.5, 0.6) is 0 Å². The molecular weight excluding hydrogens is 738 g/mol. The van der Waals surface area contributed by atoms with E-state index in [2.05, 4.69) is 0 Å². The Morgan fingerprint density at radius 1 is 0.357 bits per heavy atom. The molecule has 0 unspecified atom stereocenters. The van der Waals surface area contributed by atoms with E-state index in [1.165, 1.54) is 0 Å². The number of hydrogen-bond acceptors (Lipinski definition) is 5. The monoisotopic (exact) mass is 786 g/mol. The predicted molar refractivity (Wildman–Crippen MR) is 231 cm³/mol. The van der Waals surface area contributed by atoms with E-state index >= 15 is 4.79 Å². The quantitative estimate of drug-likeness (QED) is 0.0664. The first-order valence-electron chi connectivity index (χ1n) is 19.0. The second kappa shape index (κ2) is 17.5. The molecule has 0 saturated heterocycles. The van der Waals surface area contributed by atoms with Crippen molar-refractivity contribution in [1.82, 2.24) is 0 Å². The van der Waals surface area contributed by atoms with Crippen LogP contribution in [0.4, 0.5) is 4.79 Å². The van der Waals surface area contributed by atoms with Crippen LogP contribution < -0.4 is 31.8 Å². The van der Waals surface area contributed by atoms with Crippen LogP contribution in [0.15, 0.2) is 182 Å². The Morgan fingerprint density at radius 3 is 0.768 bits per heavy atom. The van der Waals surface area contributed by atoms with Crippen molar-refractivity contribution in [3.05, 3.63) is 182 Å². The number of unbranched alkanes of at least 4 members (excludes halogenated alkanes) is 2. The Kier molecular flexibility index (Phi) is 12.5. The fourth-order valence-electron chi connectivity index (χ4n) is 8.26. The molecule has 6 aromatic rings.